The summed E-state index contributed by atoms with van der Waals surface area (Å²) in [7, 11) is -8.13. The molecule has 0 radical (unpaired) electrons. The number of carbonyl (C=O) groups is 1. The number of piperidine rings is 1. The Bertz CT molecular complexity index is 1390. The third-order valence-corrected chi connectivity index (χ3v) is 9.41. The van der Waals surface area contributed by atoms with Gasteiger partial charge in [-0.25, -0.2) is 21.8 Å². The van der Waals surface area contributed by atoms with Crippen molar-refractivity contribution in [1.29, 1.82) is 0 Å². The number of ether oxygens (including phenoxy) is 1. The molecule has 2 heterocycles. The summed E-state index contributed by atoms with van der Waals surface area (Å²) in [5.74, 6) is -1.23. The van der Waals surface area contributed by atoms with Crippen LogP contribution in [0.15, 0.2) is 46.3 Å². The molecule has 0 saturated carbocycles. The SMILES string of the molecule is CC(CC1CCN(C(=O)c2ccc(OC(F)F)cc2S(C)(=O)=O)CC1)S(=O)(=O)c1cccc(C(F)(F)F)n1. The number of rotatable bonds is 8. The van der Waals surface area contributed by atoms with Crippen LogP contribution in [0.5, 0.6) is 5.75 Å². The van der Waals surface area contributed by atoms with Crippen LogP contribution < -0.4 is 4.74 Å². The Morgan fingerprint density at radius 3 is 2.29 bits per heavy atom. The summed E-state index contributed by atoms with van der Waals surface area (Å²) >= 11 is 0. The van der Waals surface area contributed by atoms with Gasteiger partial charge >= 0.3 is 12.8 Å². The zero-order chi connectivity index (χ0) is 28.5. The Hall–Kier alpha value is -2.81. The summed E-state index contributed by atoms with van der Waals surface area (Å²) < 4.78 is 118. The lowest BCUT2D eigenvalue weighted by Gasteiger charge is -2.33. The van der Waals surface area contributed by atoms with E-state index in [1.54, 1.807) is 0 Å². The number of benzene rings is 1. The fourth-order valence-electron chi connectivity index (χ4n) is 4.24. The zero-order valence-electron chi connectivity index (χ0n) is 20.3. The Morgan fingerprint density at radius 1 is 1.11 bits per heavy atom. The van der Waals surface area contributed by atoms with Gasteiger partial charge in [-0.15, -0.1) is 0 Å². The minimum Gasteiger partial charge on any atom is -0.435 e. The van der Waals surface area contributed by atoms with Crippen molar-refractivity contribution in [3.8, 4) is 5.75 Å². The fourth-order valence-corrected chi connectivity index (χ4v) is 6.55. The second-order valence-corrected chi connectivity index (χ2v) is 13.3. The van der Waals surface area contributed by atoms with Gasteiger partial charge in [0.15, 0.2) is 24.7 Å². The van der Waals surface area contributed by atoms with Gasteiger partial charge in [0.1, 0.15) is 11.4 Å². The molecule has 210 valence electrons. The van der Waals surface area contributed by atoms with Gasteiger partial charge in [-0.1, -0.05) is 6.07 Å². The van der Waals surface area contributed by atoms with E-state index in [0.717, 1.165) is 36.6 Å². The number of sulfone groups is 2. The molecule has 0 aliphatic carbocycles. The van der Waals surface area contributed by atoms with E-state index in [-0.39, 0.29) is 31.0 Å². The van der Waals surface area contributed by atoms with Crippen LogP contribution in [-0.2, 0) is 25.9 Å². The van der Waals surface area contributed by atoms with Crippen LogP contribution >= 0.6 is 0 Å². The van der Waals surface area contributed by atoms with Crippen LogP contribution in [0.4, 0.5) is 22.0 Å². The summed E-state index contributed by atoms with van der Waals surface area (Å²) in [6, 6.07) is 5.70. The van der Waals surface area contributed by atoms with E-state index >= 15 is 0 Å². The quantitative estimate of drug-likeness (QED) is 0.428. The average molecular weight is 585 g/mol. The Kier molecular flexibility index (Phi) is 8.71. The topological polar surface area (TPSA) is 111 Å². The number of aromatic nitrogens is 1. The van der Waals surface area contributed by atoms with Crippen molar-refractivity contribution < 1.29 is 48.3 Å². The van der Waals surface area contributed by atoms with Gasteiger partial charge in [-0.05, 0) is 62.4 Å². The molecule has 1 amide bonds. The normalized spacial score (nSPS) is 16.5. The van der Waals surface area contributed by atoms with Gasteiger partial charge in [-0.2, -0.15) is 22.0 Å². The molecule has 1 atom stereocenters. The molecule has 1 unspecified atom stereocenters. The van der Waals surface area contributed by atoms with Crippen molar-refractivity contribution in [2.75, 3.05) is 19.3 Å². The Morgan fingerprint density at radius 2 is 1.74 bits per heavy atom. The van der Waals surface area contributed by atoms with Crippen LogP contribution in [0.2, 0.25) is 0 Å². The number of hydrogen-bond donors (Lipinski definition) is 0. The third kappa shape index (κ3) is 6.98. The maximum Gasteiger partial charge on any atom is 0.433 e. The molecule has 0 spiro atoms. The lowest BCUT2D eigenvalue weighted by molar-refractivity contribution is -0.141. The number of likely N-dealkylation sites (tertiary alicyclic amines) is 1. The number of halogens is 5. The number of carbonyl (C=O) groups excluding carboxylic acids is 1. The molecule has 3 rings (SSSR count). The lowest BCUT2D eigenvalue weighted by Crippen LogP contribution is -2.40. The zero-order valence-corrected chi connectivity index (χ0v) is 21.9. The summed E-state index contributed by atoms with van der Waals surface area (Å²) in [5.41, 5.74) is -1.51. The number of alkyl halides is 5. The predicted molar refractivity (Wildman–Crippen MR) is 125 cm³/mol. The van der Waals surface area contributed by atoms with E-state index in [1.807, 2.05) is 0 Å². The molecule has 1 saturated heterocycles. The standard InChI is InChI=1S/C23H25F5N2O6S2/c1-14(38(34,35)20-5-3-4-19(29-20)23(26,27)28)12-15-8-10-30(11-9-15)21(31)17-7-6-16(36-22(24)25)13-18(17)37(2,32)33/h3-7,13-15,22H,8-12H2,1-2H3. The molecule has 1 aliphatic heterocycles. The Labute approximate surface area is 216 Å². The van der Waals surface area contributed by atoms with Crippen LogP contribution in [0.3, 0.4) is 0 Å². The number of hydrogen-bond acceptors (Lipinski definition) is 7. The summed E-state index contributed by atoms with van der Waals surface area (Å²) in [5, 5.41) is -1.70. The van der Waals surface area contributed by atoms with Gasteiger partial charge in [0.05, 0.1) is 15.7 Å². The largest absolute Gasteiger partial charge is 0.435 e. The molecule has 38 heavy (non-hydrogen) atoms. The molecule has 1 aliphatic rings. The summed E-state index contributed by atoms with van der Waals surface area (Å²) in [4.78, 5) is 17.3. The van der Waals surface area contributed by atoms with E-state index in [9.17, 15) is 43.6 Å². The van der Waals surface area contributed by atoms with Crippen molar-refractivity contribution in [2.45, 2.75) is 54.1 Å². The van der Waals surface area contributed by atoms with E-state index < -0.39 is 65.0 Å². The van der Waals surface area contributed by atoms with E-state index in [0.29, 0.717) is 18.9 Å². The summed E-state index contributed by atoms with van der Waals surface area (Å²) in [6.45, 7) is -1.47. The first kappa shape index (κ1) is 29.7. The first-order chi connectivity index (χ1) is 17.5. The number of pyridine rings is 1. The molecule has 0 N–H and O–H groups in total. The maximum absolute atomic E-state index is 13.1. The molecule has 1 aromatic carbocycles. The van der Waals surface area contributed by atoms with Crippen molar-refractivity contribution >= 4 is 25.6 Å². The molecule has 1 aromatic heterocycles. The third-order valence-electron chi connectivity index (χ3n) is 6.21. The van der Waals surface area contributed by atoms with E-state index in [4.69, 9.17) is 0 Å². The minimum absolute atomic E-state index is 0.122. The van der Waals surface area contributed by atoms with Crippen molar-refractivity contribution in [3.63, 3.8) is 0 Å². The monoisotopic (exact) mass is 584 g/mol. The van der Waals surface area contributed by atoms with Crippen LogP contribution in [0.1, 0.15) is 42.2 Å². The van der Waals surface area contributed by atoms with Crippen molar-refractivity contribution in [1.82, 2.24) is 9.88 Å². The summed E-state index contributed by atoms with van der Waals surface area (Å²) in [6.07, 6.45) is -3.11. The first-order valence-corrected chi connectivity index (χ1v) is 14.8. The van der Waals surface area contributed by atoms with Crippen LogP contribution in [0, 0.1) is 5.92 Å². The smallest absolute Gasteiger partial charge is 0.433 e. The lowest BCUT2D eigenvalue weighted by atomic mass is 9.92. The van der Waals surface area contributed by atoms with Gasteiger partial charge in [0.2, 0.25) is 0 Å². The maximum atomic E-state index is 13.1. The first-order valence-electron chi connectivity index (χ1n) is 11.4. The molecule has 1 fully saturated rings. The minimum atomic E-state index is -4.79. The van der Waals surface area contributed by atoms with Gasteiger partial charge in [0.25, 0.3) is 5.91 Å². The predicted octanol–water partition coefficient (Wildman–Crippen LogP) is 4.21. The van der Waals surface area contributed by atoms with Crippen LogP contribution in [0.25, 0.3) is 0 Å². The number of amides is 1. The van der Waals surface area contributed by atoms with Gasteiger partial charge in [0, 0.05) is 19.3 Å². The van der Waals surface area contributed by atoms with Crippen molar-refractivity contribution in [2.24, 2.45) is 5.92 Å². The molecule has 2 aromatic rings. The van der Waals surface area contributed by atoms with Gasteiger partial charge in [-0.3, -0.25) is 4.79 Å². The fraction of sp³-hybridized carbons (Fsp3) is 0.478. The second kappa shape index (κ2) is 11.1. The van der Waals surface area contributed by atoms with Crippen LogP contribution in [-0.4, -0.2) is 63.8 Å². The van der Waals surface area contributed by atoms with E-state index in [1.165, 1.54) is 11.8 Å². The number of nitrogens with zero attached hydrogens (tertiary/aromatic N) is 2. The average Bonchev–Trinajstić information content (AvgIpc) is 2.82. The molecular formula is C23H25F5N2O6S2. The molecule has 0 bridgehead atoms. The highest BCUT2D eigenvalue weighted by atomic mass is 32.2. The molecule has 15 heteroatoms. The van der Waals surface area contributed by atoms with E-state index in [2.05, 4.69) is 9.72 Å². The highest BCUT2D eigenvalue weighted by Crippen LogP contribution is 2.32. The highest BCUT2D eigenvalue weighted by molar-refractivity contribution is 7.92. The Balaban J connectivity index is 1.69. The molecular weight excluding hydrogens is 559 g/mol. The van der Waals surface area contributed by atoms with Gasteiger partial charge < -0.3 is 9.64 Å². The second-order valence-electron chi connectivity index (χ2n) is 8.99. The molecule has 8 nitrogen and oxygen atoms in total. The highest BCUT2D eigenvalue weighted by Gasteiger charge is 2.36. The van der Waals surface area contributed by atoms with Crippen molar-refractivity contribution in [3.05, 3.63) is 47.7 Å².